The number of carbonyl (C=O) groups excluding carboxylic acids is 1. The van der Waals surface area contributed by atoms with E-state index in [4.69, 9.17) is 0 Å². The third kappa shape index (κ3) is 5.59. The molecule has 0 unspecified atom stereocenters. The van der Waals surface area contributed by atoms with Crippen LogP contribution in [0.1, 0.15) is 36.3 Å². The van der Waals surface area contributed by atoms with E-state index < -0.39 is 10.0 Å². The molecule has 1 aromatic carbocycles. The van der Waals surface area contributed by atoms with Gasteiger partial charge >= 0.3 is 0 Å². The molecule has 1 fully saturated rings. The molecule has 0 aliphatic carbocycles. The van der Waals surface area contributed by atoms with Crippen LogP contribution in [0.5, 0.6) is 0 Å². The summed E-state index contributed by atoms with van der Waals surface area (Å²) in [6, 6.07) is 10.7. The molecule has 7 nitrogen and oxygen atoms in total. The van der Waals surface area contributed by atoms with Crippen LogP contribution in [0.3, 0.4) is 0 Å². The maximum atomic E-state index is 12.7. The van der Waals surface area contributed by atoms with Gasteiger partial charge in [0.15, 0.2) is 0 Å². The minimum absolute atomic E-state index is 0.0596. The Morgan fingerprint density at radius 3 is 2.47 bits per heavy atom. The Morgan fingerprint density at radius 2 is 1.75 bits per heavy atom. The Hall–Kier alpha value is -2.62. The largest absolute Gasteiger partial charge is 0.350 e. The van der Waals surface area contributed by atoms with Gasteiger partial charge in [-0.1, -0.05) is 18.6 Å². The molecular weight excluding hydrogens is 444 g/mol. The van der Waals surface area contributed by atoms with Crippen molar-refractivity contribution in [3.63, 3.8) is 0 Å². The van der Waals surface area contributed by atoms with Crippen molar-refractivity contribution >= 4 is 27.3 Å². The SMILES string of the molecule is O=C(CCc1ccc(S(=O)(=O)N2CCCCC2)cc1)NCc1nc(-c2ccncc2)cs1. The van der Waals surface area contributed by atoms with E-state index in [1.165, 1.54) is 11.3 Å². The number of nitrogens with one attached hydrogen (secondary N) is 1. The lowest BCUT2D eigenvalue weighted by molar-refractivity contribution is -0.121. The Labute approximate surface area is 192 Å². The highest BCUT2D eigenvalue weighted by Crippen LogP contribution is 2.22. The van der Waals surface area contributed by atoms with Crippen molar-refractivity contribution in [2.45, 2.75) is 43.5 Å². The second kappa shape index (κ2) is 10.3. The number of hydrogen-bond donors (Lipinski definition) is 1. The molecule has 1 amide bonds. The van der Waals surface area contributed by atoms with E-state index in [0.29, 0.717) is 37.4 Å². The van der Waals surface area contributed by atoms with E-state index in [1.54, 1.807) is 41.0 Å². The average molecular weight is 471 g/mol. The van der Waals surface area contributed by atoms with Crippen LogP contribution in [0.4, 0.5) is 0 Å². The number of amides is 1. The summed E-state index contributed by atoms with van der Waals surface area (Å²) >= 11 is 1.51. The second-order valence-electron chi connectivity index (χ2n) is 7.75. The maximum absolute atomic E-state index is 12.7. The first-order valence-electron chi connectivity index (χ1n) is 10.7. The first-order chi connectivity index (χ1) is 15.5. The number of sulfonamides is 1. The number of hydrogen-bond acceptors (Lipinski definition) is 6. The molecule has 0 radical (unpaired) electrons. The summed E-state index contributed by atoms with van der Waals surface area (Å²) < 4.78 is 27.0. The normalized spacial score (nSPS) is 14.9. The van der Waals surface area contributed by atoms with Crippen molar-refractivity contribution in [1.29, 1.82) is 0 Å². The number of piperidine rings is 1. The van der Waals surface area contributed by atoms with Gasteiger partial charge in [-0.25, -0.2) is 13.4 Å². The van der Waals surface area contributed by atoms with Crippen molar-refractivity contribution in [2.24, 2.45) is 0 Å². The predicted octanol–water partition coefficient (Wildman–Crippen LogP) is 3.63. The predicted molar refractivity (Wildman–Crippen MR) is 125 cm³/mol. The molecule has 0 spiro atoms. The minimum atomic E-state index is -3.42. The van der Waals surface area contributed by atoms with E-state index in [9.17, 15) is 13.2 Å². The molecule has 1 saturated heterocycles. The molecule has 2 aromatic heterocycles. The van der Waals surface area contributed by atoms with Crippen molar-refractivity contribution in [1.82, 2.24) is 19.6 Å². The van der Waals surface area contributed by atoms with Crippen molar-refractivity contribution in [3.05, 3.63) is 64.7 Å². The molecule has 32 heavy (non-hydrogen) atoms. The first kappa shape index (κ1) is 22.6. The summed E-state index contributed by atoms with van der Waals surface area (Å²) in [6.45, 7) is 1.57. The van der Waals surface area contributed by atoms with Crippen LogP contribution in [-0.4, -0.2) is 41.7 Å². The van der Waals surface area contributed by atoms with Crippen LogP contribution in [0.25, 0.3) is 11.3 Å². The fourth-order valence-electron chi connectivity index (χ4n) is 3.65. The van der Waals surface area contributed by atoms with Gasteiger partial charge in [-0.15, -0.1) is 11.3 Å². The monoisotopic (exact) mass is 470 g/mol. The molecule has 0 atom stereocenters. The molecule has 1 aliphatic heterocycles. The molecule has 0 saturated carbocycles. The van der Waals surface area contributed by atoms with Gasteiger partial charge in [0.05, 0.1) is 17.1 Å². The fourth-order valence-corrected chi connectivity index (χ4v) is 5.91. The third-order valence-corrected chi connectivity index (χ3v) is 8.24. The Morgan fingerprint density at radius 1 is 1.03 bits per heavy atom. The highest BCUT2D eigenvalue weighted by atomic mass is 32.2. The maximum Gasteiger partial charge on any atom is 0.243 e. The molecule has 1 aliphatic rings. The van der Waals surface area contributed by atoms with Crippen LogP contribution < -0.4 is 5.32 Å². The number of nitrogens with zero attached hydrogens (tertiary/aromatic N) is 3. The Bertz CT molecular complexity index is 1140. The van der Waals surface area contributed by atoms with Gasteiger partial charge in [-0.05, 0) is 49.1 Å². The third-order valence-electron chi connectivity index (χ3n) is 5.48. The van der Waals surface area contributed by atoms with Gasteiger partial charge < -0.3 is 5.32 Å². The van der Waals surface area contributed by atoms with Crippen LogP contribution >= 0.6 is 11.3 Å². The number of rotatable bonds is 8. The molecule has 4 rings (SSSR count). The number of aryl methyl sites for hydroxylation is 1. The smallest absolute Gasteiger partial charge is 0.243 e. The van der Waals surface area contributed by atoms with Gasteiger partial charge in [0.25, 0.3) is 0 Å². The quantitative estimate of drug-likeness (QED) is 0.543. The summed E-state index contributed by atoms with van der Waals surface area (Å²) in [5, 5.41) is 5.72. The van der Waals surface area contributed by atoms with Crippen LogP contribution in [0, 0.1) is 0 Å². The summed E-state index contributed by atoms with van der Waals surface area (Å²) in [6.07, 6.45) is 7.26. The van der Waals surface area contributed by atoms with Crippen molar-refractivity contribution in [3.8, 4) is 11.3 Å². The van der Waals surface area contributed by atoms with Gasteiger partial charge in [0.2, 0.25) is 15.9 Å². The first-order valence-corrected chi connectivity index (χ1v) is 13.0. The van der Waals surface area contributed by atoms with Gasteiger partial charge in [-0.2, -0.15) is 4.31 Å². The number of aromatic nitrogens is 2. The van der Waals surface area contributed by atoms with E-state index in [0.717, 1.165) is 41.1 Å². The topological polar surface area (TPSA) is 92.3 Å². The lowest BCUT2D eigenvalue weighted by Gasteiger charge is -2.25. The van der Waals surface area contributed by atoms with E-state index in [1.807, 2.05) is 17.5 Å². The molecule has 3 heterocycles. The van der Waals surface area contributed by atoms with E-state index >= 15 is 0 Å². The van der Waals surface area contributed by atoms with Crippen molar-refractivity contribution < 1.29 is 13.2 Å². The molecule has 9 heteroatoms. The van der Waals surface area contributed by atoms with Crippen LogP contribution in [-0.2, 0) is 27.8 Å². The molecule has 1 N–H and O–H groups in total. The highest BCUT2D eigenvalue weighted by molar-refractivity contribution is 7.89. The van der Waals surface area contributed by atoms with Crippen LogP contribution in [0.15, 0.2) is 59.1 Å². The summed E-state index contributed by atoms with van der Waals surface area (Å²) in [4.78, 5) is 21.1. The second-order valence-corrected chi connectivity index (χ2v) is 10.6. The molecule has 168 valence electrons. The minimum Gasteiger partial charge on any atom is -0.350 e. The molecule has 3 aromatic rings. The Kier molecular flexibility index (Phi) is 7.29. The summed E-state index contributed by atoms with van der Waals surface area (Å²) in [7, 11) is -3.42. The van der Waals surface area contributed by atoms with Crippen LogP contribution in [0.2, 0.25) is 0 Å². The fraction of sp³-hybridized carbons (Fsp3) is 0.348. The summed E-state index contributed by atoms with van der Waals surface area (Å²) in [5.74, 6) is -0.0596. The lowest BCUT2D eigenvalue weighted by Crippen LogP contribution is -2.35. The zero-order valence-electron chi connectivity index (χ0n) is 17.7. The van der Waals surface area contributed by atoms with E-state index in [-0.39, 0.29) is 5.91 Å². The highest BCUT2D eigenvalue weighted by Gasteiger charge is 2.25. The lowest BCUT2D eigenvalue weighted by atomic mass is 10.1. The number of pyridine rings is 1. The zero-order chi connectivity index (χ0) is 22.4. The molecule has 0 bridgehead atoms. The summed E-state index contributed by atoms with van der Waals surface area (Å²) in [5.41, 5.74) is 2.81. The van der Waals surface area contributed by atoms with Gasteiger partial charge in [0.1, 0.15) is 5.01 Å². The average Bonchev–Trinajstić information content (AvgIpc) is 3.32. The van der Waals surface area contributed by atoms with E-state index in [2.05, 4.69) is 15.3 Å². The number of carbonyl (C=O) groups is 1. The van der Waals surface area contributed by atoms with Crippen molar-refractivity contribution in [2.75, 3.05) is 13.1 Å². The Balaban J connectivity index is 1.26. The van der Waals surface area contributed by atoms with Gasteiger partial charge in [-0.3, -0.25) is 9.78 Å². The molecular formula is C23H26N4O3S2. The zero-order valence-corrected chi connectivity index (χ0v) is 19.4. The number of benzene rings is 1. The van der Waals surface area contributed by atoms with Gasteiger partial charge in [0, 0.05) is 42.8 Å². The standard InChI is InChI=1S/C23H26N4O3S2/c28-22(25-16-23-26-21(17-31-23)19-10-12-24-13-11-19)9-6-18-4-7-20(8-5-18)32(29,30)27-14-2-1-3-15-27/h4-5,7-8,10-13,17H,1-3,6,9,14-16H2,(H,25,28). The number of thiazole rings is 1.